The van der Waals surface area contributed by atoms with Crippen molar-refractivity contribution < 1.29 is 0 Å². The molecule has 0 aliphatic heterocycles. The van der Waals surface area contributed by atoms with Crippen LogP contribution >= 0.6 is 33.9 Å². The number of hydrogen-bond donors (Lipinski definition) is 0. The van der Waals surface area contributed by atoms with Crippen LogP contribution in [0.4, 0.5) is 0 Å². The molecule has 1 nitrogen and oxygen atoms in total. The van der Waals surface area contributed by atoms with E-state index in [9.17, 15) is 0 Å². The van der Waals surface area contributed by atoms with Gasteiger partial charge in [-0.2, -0.15) is 5.26 Å². The second-order valence-electron chi connectivity index (χ2n) is 3.06. The molecule has 0 spiro atoms. The molecule has 0 radical (unpaired) electrons. The lowest BCUT2D eigenvalue weighted by atomic mass is 10.1. The summed E-state index contributed by atoms with van der Waals surface area (Å²) in [5.41, 5.74) is 2.05. The first-order chi connectivity index (χ1) is 6.74. The Morgan fingerprint density at radius 2 is 2.21 bits per heavy atom. The summed E-state index contributed by atoms with van der Waals surface area (Å²) in [7, 11) is 0. The highest BCUT2D eigenvalue weighted by molar-refractivity contribution is 14.1. The standard InChI is InChI=1S/C11H8INS/c1-2-8-3-7(6-13)4-10-9(8)5-11(12)14-10/h3-5H,2H2,1H3. The van der Waals surface area contributed by atoms with Gasteiger partial charge >= 0.3 is 0 Å². The van der Waals surface area contributed by atoms with Crippen LogP contribution in [0.15, 0.2) is 18.2 Å². The maximum absolute atomic E-state index is 8.88. The zero-order chi connectivity index (χ0) is 10.1. The molecule has 0 unspecified atom stereocenters. The molecule has 0 aliphatic rings. The molecule has 0 N–H and O–H groups in total. The van der Waals surface area contributed by atoms with Crippen LogP contribution in [-0.4, -0.2) is 0 Å². The molecule has 1 aromatic carbocycles. The first-order valence-electron chi connectivity index (χ1n) is 4.36. The van der Waals surface area contributed by atoms with Crippen molar-refractivity contribution in [2.75, 3.05) is 0 Å². The van der Waals surface area contributed by atoms with Crippen LogP contribution < -0.4 is 0 Å². The van der Waals surface area contributed by atoms with Crippen LogP contribution in [0.25, 0.3) is 10.1 Å². The Balaban J connectivity index is 2.80. The van der Waals surface area contributed by atoms with E-state index in [0.717, 1.165) is 12.0 Å². The predicted octanol–water partition coefficient (Wildman–Crippen LogP) is 3.94. The van der Waals surface area contributed by atoms with E-state index in [4.69, 9.17) is 5.26 Å². The van der Waals surface area contributed by atoms with E-state index in [2.05, 4.69) is 41.7 Å². The van der Waals surface area contributed by atoms with E-state index >= 15 is 0 Å². The zero-order valence-electron chi connectivity index (χ0n) is 7.67. The lowest BCUT2D eigenvalue weighted by Crippen LogP contribution is -1.83. The van der Waals surface area contributed by atoms with E-state index in [-0.39, 0.29) is 0 Å². The topological polar surface area (TPSA) is 23.8 Å². The van der Waals surface area contributed by atoms with Crippen molar-refractivity contribution in [2.24, 2.45) is 0 Å². The van der Waals surface area contributed by atoms with Gasteiger partial charge in [0, 0.05) is 4.70 Å². The quantitative estimate of drug-likeness (QED) is 0.732. The number of hydrogen-bond acceptors (Lipinski definition) is 2. The molecule has 0 saturated carbocycles. The Labute approximate surface area is 101 Å². The van der Waals surface area contributed by atoms with Gasteiger partial charge in [0.1, 0.15) is 0 Å². The molecule has 2 aromatic rings. The van der Waals surface area contributed by atoms with Crippen molar-refractivity contribution in [3.8, 4) is 6.07 Å². The number of nitrogens with zero attached hydrogens (tertiary/aromatic N) is 1. The summed E-state index contributed by atoms with van der Waals surface area (Å²) < 4.78 is 2.51. The Bertz CT molecular complexity index is 522. The first-order valence-corrected chi connectivity index (χ1v) is 6.26. The molecule has 1 aromatic heterocycles. The highest BCUT2D eigenvalue weighted by Crippen LogP contribution is 2.30. The molecule has 3 heteroatoms. The highest BCUT2D eigenvalue weighted by Gasteiger charge is 2.05. The van der Waals surface area contributed by atoms with Gasteiger partial charge < -0.3 is 0 Å². The number of halogens is 1. The van der Waals surface area contributed by atoms with Crippen molar-refractivity contribution in [1.29, 1.82) is 5.26 Å². The van der Waals surface area contributed by atoms with Crippen LogP contribution in [0.3, 0.4) is 0 Å². The molecule has 14 heavy (non-hydrogen) atoms. The minimum absolute atomic E-state index is 0.771. The third-order valence-corrected chi connectivity index (χ3v) is 4.05. The molecule has 0 amide bonds. The Morgan fingerprint density at radius 1 is 1.43 bits per heavy atom. The summed E-state index contributed by atoms with van der Waals surface area (Å²) in [6.45, 7) is 2.13. The zero-order valence-corrected chi connectivity index (χ0v) is 10.6. The number of aryl methyl sites for hydroxylation is 1. The fourth-order valence-corrected chi connectivity index (χ4v) is 3.43. The van der Waals surface area contributed by atoms with Crippen molar-refractivity contribution in [1.82, 2.24) is 0 Å². The van der Waals surface area contributed by atoms with E-state index < -0.39 is 0 Å². The largest absolute Gasteiger partial charge is 0.192 e. The average Bonchev–Trinajstić information content (AvgIpc) is 2.56. The number of thiophene rings is 1. The van der Waals surface area contributed by atoms with Crippen LogP contribution in [-0.2, 0) is 6.42 Å². The van der Waals surface area contributed by atoms with E-state index in [1.54, 1.807) is 11.3 Å². The van der Waals surface area contributed by atoms with Crippen LogP contribution in [0, 0.1) is 14.2 Å². The van der Waals surface area contributed by atoms with E-state index in [1.807, 2.05) is 12.1 Å². The molecule has 70 valence electrons. The summed E-state index contributed by atoms with van der Waals surface area (Å²) in [6, 6.07) is 8.37. The first kappa shape index (κ1) is 9.94. The van der Waals surface area contributed by atoms with Gasteiger partial charge in [0.05, 0.1) is 14.5 Å². The third kappa shape index (κ3) is 1.64. The minimum atomic E-state index is 0.771. The van der Waals surface area contributed by atoms with E-state index in [0.29, 0.717) is 0 Å². The van der Waals surface area contributed by atoms with Gasteiger partial charge in [0.15, 0.2) is 0 Å². The van der Waals surface area contributed by atoms with E-state index in [1.165, 1.54) is 18.5 Å². The molecular weight excluding hydrogens is 305 g/mol. The van der Waals surface area contributed by atoms with Crippen molar-refractivity contribution in [2.45, 2.75) is 13.3 Å². The normalized spacial score (nSPS) is 10.4. The summed E-state index contributed by atoms with van der Waals surface area (Å²) in [4.78, 5) is 0. The predicted molar refractivity (Wildman–Crippen MR) is 68.6 cm³/mol. The smallest absolute Gasteiger partial charge is 0.0992 e. The second-order valence-corrected chi connectivity index (χ2v) is 6.04. The average molecular weight is 313 g/mol. The lowest BCUT2D eigenvalue weighted by Gasteiger charge is -1.99. The lowest BCUT2D eigenvalue weighted by molar-refractivity contribution is 1.16. The maximum atomic E-state index is 8.88. The van der Waals surface area contributed by atoms with Gasteiger partial charge in [-0.3, -0.25) is 0 Å². The fourth-order valence-electron chi connectivity index (χ4n) is 1.54. The van der Waals surface area contributed by atoms with Crippen molar-refractivity contribution >= 4 is 44.0 Å². The summed E-state index contributed by atoms with van der Waals surface area (Å²) in [6.07, 6.45) is 0.985. The number of rotatable bonds is 1. The molecule has 1 heterocycles. The minimum Gasteiger partial charge on any atom is -0.192 e. The number of fused-ring (bicyclic) bond motifs is 1. The van der Waals surface area contributed by atoms with Gasteiger partial charge in [0.2, 0.25) is 0 Å². The SMILES string of the molecule is CCc1cc(C#N)cc2sc(I)cc12. The van der Waals surface area contributed by atoms with Crippen molar-refractivity contribution in [3.05, 3.63) is 32.2 Å². The second kappa shape index (κ2) is 3.87. The number of nitriles is 1. The van der Waals surface area contributed by atoms with Crippen LogP contribution in [0.5, 0.6) is 0 Å². The Hall–Kier alpha value is -0.600. The fraction of sp³-hybridized carbons (Fsp3) is 0.182. The Morgan fingerprint density at radius 3 is 2.86 bits per heavy atom. The molecule has 0 atom stereocenters. The molecule has 0 aliphatic carbocycles. The van der Waals surface area contributed by atoms with Crippen LogP contribution in [0.1, 0.15) is 18.1 Å². The van der Waals surface area contributed by atoms with Gasteiger partial charge in [-0.05, 0) is 58.2 Å². The molecule has 0 fully saturated rings. The third-order valence-electron chi connectivity index (χ3n) is 2.20. The monoisotopic (exact) mass is 313 g/mol. The van der Waals surface area contributed by atoms with Gasteiger partial charge in [-0.1, -0.05) is 6.92 Å². The Kier molecular flexibility index (Phi) is 2.75. The van der Waals surface area contributed by atoms with Gasteiger partial charge in [0.25, 0.3) is 0 Å². The van der Waals surface area contributed by atoms with Gasteiger partial charge in [-0.15, -0.1) is 11.3 Å². The van der Waals surface area contributed by atoms with Crippen molar-refractivity contribution in [3.63, 3.8) is 0 Å². The molecule has 2 rings (SSSR count). The molecule has 0 saturated heterocycles. The molecule has 0 bridgehead atoms. The number of benzene rings is 1. The maximum Gasteiger partial charge on any atom is 0.0992 e. The van der Waals surface area contributed by atoms with Crippen LogP contribution in [0.2, 0.25) is 0 Å². The highest BCUT2D eigenvalue weighted by atomic mass is 127. The van der Waals surface area contributed by atoms with Gasteiger partial charge in [-0.25, -0.2) is 0 Å². The molecular formula is C11H8INS. The summed E-state index contributed by atoms with van der Waals surface area (Å²) in [5.74, 6) is 0. The summed E-state index contributed by atoms with van der Waals surface area (Å²) >= 11 is 4.07. The summed E-state index contributed by atoms with van der Waals surface area (Å²) in [5, 5.41) is 10.2.